The van der Waals surface area contributed by atoms with Gasteiger partial charge in [-0.15, -0.1) is 0 Å². The van der Waals surface area contributed by atoms with E-state index in [0.29, 0.717) is 29.2 Å². The molecule has 0 aliphatic carbocycles. The number of hydrogen-bond acceptors (Lipinski definition) is 3. The summed E-state index contributed by atoms with van der Waals surface area (Å²) in [6, 6.07) is 4.73. The van der Waals surface area contributed by atoms with E-state index in [1.165, 1.54) is 12.5 Å². The molecule has 0 radical (unpaired) electrons. The van der Waals surface area contributed by atoms with Crippen molar-refractivity contribution in [1.29, 1.82) is 0 Å². The molecule has 0 unspecified atom stereocenters. The fourth-order valence-electron chi connectivity index (χ4n) is 2.35. The Morgan fingerprint density at radius 2 is 1.95 bits per heavy atom. The molecule has 1 aromatic rings. The Labute approximate surface area is 129 Å². The quantitative estimate of drug-likeness (QED) is 0.836. The number of benzene rings is 1. The van der Waals surface area contributed by atoms with E-state index in [0.717, 1.165) is 25.9 Å². The topological polar surface area (TPSA) is 75.4 Å². The fraction of sp³-hybridized carbons (Fsp3) is 0.467. The van der Waals surface area contributed by atoms with Crippen LogP contribution in [0.2, 0.25) is 5.02 Å². The van der Waals surface area contributed by atoms with Crippen LogP contribution in [0, 0.1) is 0 Å². The number of carbonyl (C=O) groups excluding carboxylic acids is 2. The van der Waals surface area contributed by atoms with E-state index < -0.39 is 0 Å². The van der Waals surface area contributed by atoms with Gasteiger partial charge in [-0.3, -0.25) is 9.59 Å². The molecule has 1 aliphatic rings. The van der Waals surface area contributed by atoms with Crippen LogP contribution in [-0.4, -0.2) is 36.3 Å². The van der Waals surface area contributed by atoms with E-state index >= 15 is 0 Å². The molecule has 2 rings (SSSR count). The lowest BCUT2D eigenvalue weighted by Crippen LogP contribution is -2.37. The van der Waals surface area contributed by atoms with Gasteiger partial charge >= 0.3 is 0 Å². The molecule has 3 N–H and O–H groups in total. The molecule has 2 amide bonds. The average Bonchev–Trinajstić information content (AvgIpc) is 2.50. The van der Waals surface area contributed by atoms with E-state index in [1.807, 2.05) is 4.90 Å². The molecule has 114 valence electrons. The number of nitrogens with zero attached hydrogens (tertiary/aromatic N) is 1. The Hall–Kier alpha value is -1.75. The van der Waals surface area contributed by atoms with Crippen LogP contribution in [-0.2, 0) is 4.79 Å². The van der Waals surface area contributed by atoms with Crippen molar-refractivity contribution in [1.82, 2.24) is 10.2 Å². The minimum Gasteiger partial charge on any atom is -0.398 e. The summed E-state index contributed by atoms with van der Waals surface area (Å²) in [7, 11) is 0. The van der Waals surface area contributed by atoms with Crippen molar-refractivity contribution in [2.45, 2.75) is 25.7 Å². The summed E-state index contributed by atoms with van der Waals surface area (Å²) in [5.74, 6) is -0.145. The molecule has 1 heterocycles. The maximum Gasteiger partial charge on any atom is 0.251 e. The van der Waals surface area contributed by atoms with Crippen molar-refractivity contribution in [3.8, 4) is 0 Å². The van der Waals surface area contributed by atoms with Crippen LogP contribution in [0.25, 0.3) is 0 Å². The minimum absolute atomic E-state index is 0.102. The van der Waals surface area contributed by atoms with Crippen LogP contribution in [0.4, 0.5) is 5.69 Å². The molecule has 1 aliphatic heterocycles. The predicted octanol–water partition coefficient (Wildman–Crippen LogP) is 2.05. The maximum absolute atomic E-state index is 12.0. The molecule has 0 saturated carbocycles. The van der Waals surface area contributed by atoms with E-state index in [-0.39, 0.29) is 11.8 Å². The summed E-state index contributed by atoms with van der Waals surface area (Å²) in [6.07, 6.45) is 3.66. The summed E-state index contributed by atoms with van der Waals surface area (Å²) in [5.41, 5.74) is 6.48. The van der Waals surface area contributed by atoms with Gasteiger partial charge < -0.3 is 16.0 Å². The number of nitrogens with two attached hydrogens (primary N) is 1. The number of nitrogen functional groups attached to an aromatic ring is 1. The lowest BCUT2D eigenvalue weighted by molar-refractivity contribution is -0.131. The van der Waals surface area contributed by atoms with Gasteiger partial charge in [0.05, 0.1) is 10.7 Å². The zero-order valence-electron chi connectivity index (χ0n) is 11.9. The summed E-state index contributed by atoms with van der Waals surface area (Å²) < 4.78 is 0. The molecular formula is C15H20ClN3O2. The minimum atomic E-state index is -0.247. The number of anilines is 1. The van der Waals surface area contributed by atoms with Crippen molar-refractivity contribution in [3.63, 3.8) is 0 Å². The van der Waals surface area contributed by atoms with Gasteiger partial charge in [-0.25, -0.2) is 0 Å². The van der Waals surface area contributed by atoms with Crippen LogP contribution in [0.5, 0.6) is 0 Å². The van der Waals surface area contributed by atoms with Crippen molar-refractivity contribution in [2.75, 3.05) is 25.4 Å². The summed E-state index contributed by atoms with van der Waals surface area (Å²) in [5, 5.41) is 3.08. The molecular weight excluding hydrogens is 290 g/mol. The van der Waals surface area contributed by atoms with Gasteiger partial charge in [0.1, 0.15) is 0 Å². The number of likely N-dealkylation sites (tertiary alicyclic amines) is 1. The van der Waals surface area contributed by atoms with Crippen molar-refractivity contribution >= 4 is 29.1 Å². The highest BCUT2D eigenvalue weighted by molar-refractivity contribution is 6.33. The molecule has 1 saturated heterocycles. The van der Waals surface area contributed by atoms with Crippen molar-refractivity contribution < 1.29 is 9.59 Å². The van der Waals surface area contributed by atoms with Gasteiger partial charge in [0.25, 0.3) is 5.91 Å². The second kappa shape index (κ2) is 7.31. The molecule has 0 bridgehead atoms. The number of amides is 2. The summed E-state index contributed by atoms with van der Waals surface area (Å²) >= 11 is 5.88. The van der Waals surface area contributed by atoms with E-state index in [2.05, 4.69) is 5.32 Å². The molecule has 0 spiro atoms. The van der Waals surface area contributed by atoms with Crippen LogP contribution in [0.15, 0.2) is 18.2 Å². The highest BCUT2D eigenvalue weighted by Crippen LogP contribution is 2.19. The first kappa shape index (κ1) is 15.6. The highest BCUT2D eigenvalue weighted by atomic mass is 35.5. The zero-order chi connectivity index (χ0) is 15.2. The molecule has 1 fully saturated rings. The van der Waals surface area contributed by atoms with Crippen LogP contribution in [0.1, 0.15) is 36.0 Å². The number of piperidine rings is 1. The first-order valence-electron chi connectivity index (χ1n) is 7.19. The van der Waals surface area contributed by atoms with Gasteiger partial charge in [-0.2, -0.15) is 0 Å². The number of halogens is 1. The molecule has 0 aromatic heterocycles. The predicted molar refractivity (Wildman–Crippen MR) is 83.2 cm³/mol. The lowest BCUT2D eigenvalue weighted by atomic mass is 10.1. The molecule has 0 atom stereocenters. The number of carbonyl (C=O) groups is 2. The van der Waals surface area contributed by atoms with Crippen LogP contribution < -0.4 is 11.1 Å². The van der Waals surface area contributed by atoms with Gasteiger partial charge in [0.2, 0.25) is 5.91 Å². The van der Waals surface area contributed by atoms with Crippen molar-refractivity contribution in [2.24, 2.45) is 0 Å². The normalized spacial score (nSPS) is 14.8. The Kier molecular flexibility index (Phi) is 5.44. The standard InChI is InChI=1S/C15H20ClN3O2/c16-12-10-11(4-5-13(12)17)15(21)18-7-6-14(20)19-8-2-1-3-9-19/h4-5,10H,1-3,6-9,17H2,(H,18,21). The highest BCUT2D eigenvalue weighted by Gasteiger charge is 2.16. The van der Waals surface area contributed by atoms with Gasteiger partial charge in [0, 0.05) is 31.6 Å². The second-order valence-corrected chi connectivity index (χ2v) is 5.59. The second-order valence-electron chi connectivity index (χ2n) is 5.18. The first-order valence-corrected chi connectivity index (χ1v) is 7.57. The van der Waals surface area contributed by atoms with Crippen LogP contribution >= 0.6 is 11.6 Å². The average molecular weight is 310 g/mol. The Bertz CT molecular complexity index is 528. The number of hydrogen-bond donors (Lipinski definition) is 2. The van der Waals surface area contributed by atoms with Gasteiger partial charge in [-0.1, -0.05) is 11.6 Å². The third-order valence-electron chi connectivity index (χ3n) is 3.60. The Balaban J connectivity index is 1.78. The summed E-state index contributed by atoms with van der Waals surface area (Å²) in [6.45, 7) is 2.00. The molecule has 5 nitrogen and oxygen atoms in total. The maximum atomic E-state index is 12.0. The van der Waals surface area contributed by atoms with Gasteiger partial charge in [0.15, 0.2) is 0 Å². The third-order valence-corrected chi connectivity index (χ3v) is 3.92. The van der Waals surface area contributed by atoms with Gasteiger partial charge in [-0.05, 0) is 37.5 Å². The van der Waals surface area contributed by atoms with E-state index in [9.17, 15) is 9.59 Å². The third kappa shape index (κ3) is 4.36. The van der Waals surface area contributed by atoms with E-state index in [1.54, 1.807) is 12.1 Å². The summed E-state index contributed by atoms with van der Waals surface area (Å²) in [4.78, 5) is 25.8. The molecule has 6 heteroatoms. The number of rotatable bonds is 4. The van der Waals surface area contributed by atoms with Crippen molar-refractivity contribution in [3.05, 3.63) is 28.8 Å². The fourth-order valence-corrected chi connectivity index (χ4v) is 2.54. The zero-order valence-corrected chi connectivity index (χ0v) is 12.7. The smallest absolute Gasteiger partial charge is 0.251 e. The molecule has 21 heavy (non-hydrogen) atoms. The van der Waals surface area contributed by atoms with E-state index in [4.69, 9.17) is 17.3 Å². The van der Waals surface area contributed by atoms with Crippen LogP contribution in [0.3, 0.4) is 0 Å². The monoisotopic (exact) mass is 309 g/mol. The first-order chi connectivity index (χ1) is 10.1. The molecule has 1 aromatic carbocycles. The SMILES string of the molecule is Nc1ccc(C(=O)NCCC(=O)N2CCCCC2)cc1Cl. The lowest BCUT2D eigenvalue weighted by Gasteiger charge is -2.26. The number of nitrogens with one attached hydrogen (secondary N) is 1. The Morgan fingerprint density at radius 1 is 1.24 bits per heavy atom. The largest absolute Gasteiger partial charge is 0.398 e. The Morgan fingerprint density at radius 3 is 2.62 bits per heavy atom.